The Morgan fingerprint density at radius 3 is 2.79 bits per heavy atom. The Morgan fingerprint density at radius 1 is 1.37 bits per heavy atom. The van der Waals surface area contributed by atoms with Crippen molar-refractivity contribution < 1.29 is 4.39 Å². The van der Waals surface area contributed by atoms with Gasteiger partial charge in [0.25, 0.3) is 0 Å². The third-order valence-electron chi connectivity index (χ3n) is 3.89. The summed E-state index contributed by atoms with van der Waals surface area (Å²) < 4.78 is 13.5. The van der Waals surface area contributed by atoms with Gasteiger partial charge in [-0.15, -0.1) is 0 Å². The van der Waals surface area contributed by atoms with E-state index in [1.807, 2.05) is 7.05 Å². The highest BCUT2D eigenvalue weighted by Crippen LogP contribution is 2.29. The zero-order valence-corrected chi connectivity index (χ0v) is 12.4. The number of likely N-dealkylation sites (N-methyl/N-ethyl adjacent to an activating group) is 3. The number of benzene rings is 1. The average molecular weight is 286 g/mol. The molecule has 1 heterocycles. The van der Waals surface area contributed by atoms with Gasteiger partial charge in [0.2, 0.25) is 0 Å². The maximum absolute atomic E-state index is 13.5. The van der Waals surface area contributed by atoms with E-state index >= 15 is 0 Å². The van der Waals surface area contributed by atoms with Crippen LogP contribution in [0.4, 0.5) is 4.39 Å². The summed E-state index contributed by atoms with van der Waals surface area (Å²) in [5.74, 6) is -0.244. The monoisotopic (exact) mass is 285 g/mol. The Balaban J connectivity index is 2.30. The SMILES string of the molecule is CNC(c1cc(F)ccc1Cl)C1CN(C)CCN1C. The second-order valence-corrected chi connectivity index (χ2v) is 5.65. The van der Waals surface area contributed by atoms with Gasteiger partial charge in [0.15, 0.2) is 0 Å². The van der Waals surface area contributed by atoms with Crippen LogP contribution >= 0.6 is 11.6 Å². The van der Waals surface area contributed by atoms with Crippen LogP contribution in [0.25, 0.3) is 0 Å². The van der Waals surface area contributed by atoms with Crippen LogP contribution in [-0.4, -0.2) is 56.6 Å². The smallest absolute Gasteiger partial charge is 0.123 e. The van der Waals surface area contributed by atoms with Crippen molar-refractivity contribution in [3.63, 3.8) is 0 Å². The lowest BCUT2D eigenvalue weighted by Crippen LogP contribution is -2.54. The minimum absolute atomic E-state index is 0.0240. The van der Waals surface area contributed by atoms with Gasteiger partial charge in [-0.1, -0.05) is 11.6 Å². The highest BCUT2D eigenvalue weighted by molar-refractivity contribution is 6.31. The average Bonchev–Trinajstić information content (AvgIpc) is 2.38. The first-order valence-electron chi connectivity index (χ1n) is 6.54. The van der Waals surface area contributed by atoms with Gasteiger partial charge in [0.05, 0.1) is 6.04 Å². The number of halogens is 2. The molecule has 106 valence electrons. The minimum atomic E-state index is -0.244. The standard InChI is InChI=1S/C14H21ClFN3/c1-17-14(11-8-10(16)4-5-12(11)15)13-9-18(2)6-7-19(13)3/h4-5,8,13-14,17H,6-7,9H2,1-3H3. The molecule has 0 aromatic heterocycles. The van der Waals surface area contributed by atoms with Crippen molar-refractivity contribution >= 4 is 11.6 Å². The molecule has 0 spiro atoms. The zero-order valence-electron chi connectivity index (χ0n) is 11.7. The van der Waals surface area contributed by atoms with E-state index in [0.717, 1.165) is 25.2 Å². The van der Waals surface area contributed by atoms with E-state index in [4.69, 9.17) is 11.6 Å². The summed E-state index contributed by atoms with van der Waals surface area (Å²) in [5.41, 5.74) is 0.830. The minimum Gasteiger partial charge on any atom is -0.312 e. The normalized spacial score (nSPS) is 23.5. The van der Waals surface area contributed by atoms with E-state index in [1.54, 1.807) is 6.07 Å². The topological polar surface area (TPSA) is 18.5 Å². The number of rotatable bonds is 3. The van der Waals surface area contributed by atoms with Gasteiger partial charge >= 0.3 is 0 Å². The zero-order chi connectivity index (χ0) is 14.0. The molecule has 1 N–H and O–H groups in total. The lowest BCUT2D eigenvalue weighted by molar-refractivity contribution is 0.0896. The van der Waals surface area contributed by atoms with Crippen molar-refractivity contribution in [2.75, 3.05) is 40.8 Å². The van der Waals surface area contributed by atoms with E-state index < -0.39 is 0 Å². The molecule has 1 aliphatic rings. The van der Waals surface area contributed by atoms with Gasteiger partial charge in [-0.25, -0.2) is 4.39 Å². The van der Waals surface area contributed by atoms with Crippen LogP contribution in [0.2, 0.25) is 5.02 Å². The lowest BCUT2D eigenvalue weighted by Gasteiger charge is -2.42. The first kappa shape index (κ1) is 14.7. The highest BCUT2D eigenvalue weighted by Gasteiger charge is 2.31. The van der Waals surface area contributed by atoms with E-state index in [1.165, 1.54) is 12.1 Å². The maximum atomic E-state index is 13.5. The van der Waals surface area contributed by atoms with Gasteiger partial charge in [-0.2, -0.15) is 0 Å². The number of nitrogens with zero attached hydrogens (tertiary/aromatic N) is 2. The number of hydrogen-bond acceptors (Lipinski definition) is 3. The Kier molecular flexibility index (Phi) is 4.79. The fourth-order valence-corrected chi connectivity index (χ4v) is 2.95. The number of piperazine rings is 1. The fourth-order valence-electron chi connectivity index (χ4n) is 2.71. The second kappa shape index (κ2) is 6.18. The largest absolute Gasteiger partial charge is 0.312 e. The summed E-state index contributed by atoms with van der Waals surface area (Å²) in [4.78, 5) is 4.60. The first-order chi connectivity index (χ1) is 9.02. The van der Waals surface area contributed by atoms with E-state index in [0.29, 0.717) is 5.02 Å². The second-order valence-electron chi connectivity index (χ2n) is 5.24. The van der Waals surface area contributed by atoms with Gasteiger partial charge in [-0.05, 0) is 44.9 Å². The molecule has 1 aromatic rings. The molecule has 0 radical (unpaired) electrons. The van der Waals surface area contributed by atoms with E-state index in [2.05, 4.69) is 29.2 Å². The van der Waals surface area contributed by atoms with Gasteiger partial charge in [-0.3, -0.25) is 4.90 Å². The van der Waals surface area contributed by atoms with Gasteiger partial charge in [0.1, 0.15) is 5.82 Å². The van der Waals surface area contributed by atoms with Crippen molar-refractivity contribution in [3.8, 4) is 0 Å². The van der Waals surface area contributed by atoms with Crippen molar-refractivity contribution in [2.24, 2.45) is 0 Å². The fraction of sp³-hybridized carbons (Fsp3) is 0.571. The molecule has 1 fully saturated rings. The van der Waals surface area contributed by atoms with Crippen molar-refractivity contribution in [2.45, 2.75) is 12.1 Å². The predicted octanol–water partition coefficient (Wildman–Crippen LogP) is 1.99. The van der Waals surface area contributed by atoms with Crippen molar-refractivity contribution in [3.05, 3.63) is 34.6 Å². The molecule has 0 aliphatic carbocycles. The molecule has 5 heteroatoms. The Labute approximate surface area is 119 Å². The Bertz CT molecular complexity index is 441. The van der Waals surface area contributed by atoms with Crippen LogP contribution in [0.15, 0.2) is 18.2 Å². The van der Waals surface area contributed by atoms with Crippen molar-refractivity contribution in [1.82, 2.24) is 15.1 Å². The maximum Gasteiger partial charge on any atom is 0.123 e. The Hall–Kier alpha value is -0.680. The summed E-state index contributed by atoms with van der Waals surface area (Å²) >= 11 is 6.23. The number of nitrogens with one attached hydrogen (secondary N) is 1. The van der Waals surface area contributed by atoms with E-state index in [9.17, 15) is 4.39 Å². The lowest BCUT2D eigenvalue weighted by atomic mass is 9.96. The molecule has 19 heavy (non-hydrogen) atoms. The van der Waals surface area contributed by atoms with Crippen LogP contribution in [0.3, 0.4) is 0 Å². The third kappa shape index (κ3) is 3.26. The molecule has 0 bridgehead atoms. The molecular weight excluding hydrogens is 265 g/mol. The third-order valence-corrected chi connectivity index (χ3v) is 4.23. The van der Waals surface area contributed by atoms with Crippen LogP contribution in [0.5, 0.6) is 0 Å². The number of hydrogen-bond donors (Lipinski definition) is 1. The van der Waals surface area contributed by atoms with Gasteiger partial charge in [0, 0.05) is 30.7 Å². The Morgan fingerprint density at radius 2 is 2.11 bits per heavy atom. The highest BCUT2D eigenvalue weighted by atomic mass is 35.5. The molecule has 2 atom stereocenters. The first-order valence-corrected chi connectivity index (χ1v) is 6.91. The van der Waals surface area contributed by atoms with Crippen molar-refractivity contribution in [1.29, 1.82) is 0 Å². The van der Waals surface area contributed by atoms with Crippen LogP contribution < -0.4 is 5.32 Å². The van der Waals surface area contributed by atoms with Crippen LogP contribution in [0, 0.1) is 5.82 Å². The molecule has 2 rings (SSSR count). The molecule has 0 saturated carbocycles. The summed E-state index contributed by atoms with van der Waals surface area (Å²) in [6.07, 6.45) is 0. The predicted molar refractivity (Wildman–Crippen MR) is 77.1 cm³/mol. The summed E-state index contributed by atoms with van der Waals surface area (Å²) in [5, 5.41) is 3.90. The molecule has 0 amide bonds. The van der Waals surface area contributed by atoms with Crippen LogP contribution in [-0.2, 0) is 0 Å². The van der Waals surface area contributed by atoms with E-state index in [-0.39, 0.29) is 17.9 Å². The molecule has 1 saturated heterocycles. The molecule has 1 aliphatic heterocycles. The van der Waals surface area contributed by atoms with Gasteiger partial charge < -0.3 is 10.2 Å². The molecule has 3 nitrogen and oxygen atoms in total. The quantitative estimate of drug-likeness (QED) is 0.916. The van der Waals surface area contributed by atoms with Crippen LogP contribution in [0.1, 0.15) is 11.6 Å². The summed E-state index contributed by atoms with van der Waals surface area (Å²) in [6.45, 7) is 3.00. The summed E-state index contributed by atoms with van der Waals surface area (Å²) in [7, 11) is 6.11. The molecule has 1 aromatic carbocycles. The molecule has 2 unspecified atom stereocenters. The molecular formula is C14H21ClFN3. The summed E-state index contributed by atoms with van der Waals surface area (Å²) in [6, 6.07) is 4.86.